The van der Waals surface area contributed by atoms with Crippen molar-refractivity contribution in [3.8, 4) is 0 Å². The summed E-state index contributed by atoms with van der Waals surface area (Å²) in [5, 5.41) is 0. The van der Waals surface area contributed by atoms with E-state index >= 15 is 0 Å². The number of hydrogen-bond donors (Lipinski definition) is 0. The van der Waals surface area contributed by atoms with Crippen LogP contribution in [-0.4, -0.2) is 18.0 Å². The van der Waals surface area contributed by atoms with Gasteiger partial charge in [-0.3, -0.25) is 4.79 Å². The first-order valence-electron chi connectivity index (χ1n) is 5.75. The van der Waals surface area contributed by atoms with E-state index in [0.717, 1.165) is 19.3 Å². The summed E-state index contributed by atoms with van der Waals surface area (Å²) in [6.45, 7) is 10.1. The summed E-state index contributed by atoms with van der Waals surface area (Å²) in [5.74, 6) is 0.314. The number of carbonyl (C=O) groups excluding carboxylic acids is 1. The molecule has 0 aromatic rings. The molecule has 0 aliphatic carbocycles. The normalized spacial score (nSPS) is 13.6. The van der Waals surface area contributed by atoms with Gasteiger partial charge in [-0.15, -0.1) is 0 Å². The van der Waals surface area contributed by atoms with Gasteiger partial charge >= 0.3 is 0 Å². The highest BCUT2D eigenvalue weighted by Crippen LogP contribution is 2.13. The zero-order chi connectivity index (χ0) is 11.1. The Balaban J connectivity index is 4.20. The van der Waals surface area contributed by atoms with Crippen LogP contribution in [0.4, 0.5) is 0 Å². The summed E-state index contributed by atoms with van der Waals surface area (Å²) < 4.78 is 5.77. The van der Waals surface area contributed by atoms with Gasteiger partial charge < -0.3 is 4.74 Å². The predicted molar refractivity (Wildman–Crippen MR) is 59.4 cm³/mol. The van der Waals surface area contributed by atoms with E-state index in [-0.39, 0.29) is 23.9 Å². The van der Waals surface area contributed by atoms with Crippen molar-refractivity contribution in [2.75, 3.05) is 0 Å². The first-order valence-corrected chi connectivity index (χ1v) is 5.75. The van der Waals surface area contributed by atoms with Crippen LogP contribution in [0.5, 0.6) is 0 Å². The molecule has 0 aliphatic rings. The van der Waals surface area contributed by atoms with Crippen LogP contribution in [0.2, 0.25) is 0 Å². The fourth-order valence-electron chi connectivity index (χ4n) is 1.45. The van der Waals surface area contributed by atoms with Crippen LogP contribution in [0.25, 0.3) is 0 Å². The molecule has 0 aliphatic heterocycles. The average Bonchev–Trinajstić information content (AvgIpc) is 2.19. The van der Waals surface area contributed by atoms with Crippen molar-refractivity contribution < 1.29 is 9.53 Å². The van der Waals surface area contributed by atoms with Gasteiger partial charge in [-0.2, -0.15) is 0 Å². The highest BCUT2D eigenvalue weighted by Gasteiger charge is 2.22. The highest BCUT2D eigenvalue weighted by atomic mass is 16.5. The Morgan fingerprint density at radius 3 is 1.86 bits per heavy atom. The maximum Gasteiger partial charge on any atom is 0.164 e. The van der Waals surface area contributed by atoms with Crippen molar-refractivity contribution in [2.45, 2.75) is 66.1 Å². The fourth-order valence-corrected chi connectivity index (χ4v) is 1.45. The van der Waals surface area contributed by atoms with Gasteiger partial charge in [0.25, 0.3) is 0 Å². The van der Waals surface area contributed by atoms with Crippen LogP contribution < -0.4 is 0 Å². The quantitative estimate of drug-likeness (QED) is 0.631. The molecule has 0 unspecified atom stereocenters. The minimum atomic E-state index is -0.195. The van der Waals surface area contributed by atoms with Gasteiger partial charge in [0.2, 0.25) is 0 Å². The summed E-state index contributed by atoms with van der Waals surface area (Å²) in [6.07, 6.45) is 2.80. The molecule has 0 aromatic carbocycles. The second-order valence-corrected chi connectivity index (χ2v) is 4.03. The predicted octanol–water partition coefficient (Wildman–Crippen LogP) is 3.20. The van der Waals surface area contributed by atoms with Crippen LogP contribution in [0.15, 0.2) is 0 Å². The maximum absolute atomic E-state index is 11.7. The zero-order valence-corrected chi connectivity index (χ0v) is 10.2. The molecule has 0 fully saturated rings. The van der Waals surface area contributed by atoms with Crippen molar-refractivity contribution in [3.63, 3.8) is 0 Å². The van der Waals surface area contributed by atoms with E-state index in [4.69, 9.17) is 4.74 Å². The van der Waals surface area contributed by atoms with Crippen molar-refractivity contribution in [1.29, 1.82) is 0 Å². The molecule has 0 radical (unpaired) electrons. The molecule has 0 heterocycles. The largest absolute Gasteiger partial charge is 0.367 e. The lowest BCUT2D eigenvalue weighted by atomic mass is 10.0. The summed E-state index contributed by atoms with van der Waals surface area (Å²) >= 11 is 0. The van der Waals surface area contributed by atoms with E-state index in [1.807, 2.05) is 20.8 Å². The number of Topliss-reactive ketones (excluding diaryl/α,β-unsaturated/α-hetero) is 1. The van der Waals surface area contributed by atoms with E-state index < -0.39 is 0 Å². The van der Waals surface area contributed by atoms with Gasteiger partial charge in [0.15, 0.2) is 5.78 Å². The SMILES string of the molecule is CCC(CC)O[C@@H](CC)C(=O)C(C)C. The molecule has 14 heavy (non-hydrogen) atoms. The number of carbonyl (C=O) groups is 1. The van der Waals surface area contributed by atoms with Crippen LogP contribution in [0.1, 0.15) is 53.9 Å². The summed E-state index contributed by atoms with van der Waals surface area (Å²) in [7, 11) is 0. The second kappa shape index (κ2) is 6.99. The molecule has 0 spiro atoms. The Kier molecular flexibility index (Phi) is 6.81. The third-order valence-corrected chi connectivity index (χ3v) is 2.52. The van der Waals surface area contributed by atoms with Gasteiger partial charge in [-0.25, -0.2) is 0 Å². The van der Waals surface area contributed by atoms with E-state index in [2.05, 4.69) is 13.8 Å². The molecule has 0 aromatic heterocycles. The lowest BCUT2D eigenvalue weighted by Gasteiger charge is -2.22. The number of ketones is 1. The molecule has 0 saturated heterocycles. The Hall–Kier alpha value is -0.370. The van der Waals surface area contributed by atoms with Gasteiger partial charge in [-0.05, 0) is 19.3 Å². The third kappa shape index (κ3) is 4.23. The van der Waals surface area contributed by atoms with E-state index in [9.17, 15) is 4.79 Å². The maximum atomic E-state index is 11.7. The van der Waals surface area contributed by atoms with Crippen molar-refractivity contribution in [3.05, 3.63) is 0 Å². The van der Waals surface area contributed by atoms with Gasteiger partial charge in [-0.1, -0.05) is 34.6 Å². The van der Waals surface area contributed by atoms with Crippen LogP contribution in [0.3, 0.4) is 0 Å². The van der Waals surface area contributed by atoms with E-state index in [1.165, 1.54) is 0 Å². The molecule has 0 amide bonds. The summed E-state index contributed by atoms with van der Waals surface area (Å²) in [4.78, 5) is 11.7. The number of hydrogen-bond acceptors (Lipinski definition) is 2. The lowest BCUT2D eigenvalue weighted by molar-refractivity contribution is -0.138. The summed E-state index contributed by atoms with van der Waals surface area (Å²) in [5.41, 5.74) is 0. The van der Waals surface area contributed by atoms with Crippen molar-refractivity contribution in [2.24, 2.45) is 5.92 Å². The zero-order valence-electron chi connectivity index (χ0n) is 10.2. The minimum Gasteiger partial charge on any atom is -0.367 e. The standard InChI is InChI=1S/C12H24O2/c1-6-10(7-2)14-11(8-3)12(13)9(4)5/h9-11H,6-8H2,1-5H3/t11-/m0/s1. The molecule has 1 atom stereocenters. The highest BCUT2D eigenvalue weighted by molar-refractivity contribution is 5.84. The van der Waals surface area contributed by atoms with E-state index in [0.29, 0.717) is 0 Å². The monoisotopic (exact) mass is 200 g/mol. The summed E-state index contributed by atoms with van der Waals surface area (Å²) in [6, 6.07) is 0. The van der Waals surface area contributed by atoms with E-state index in [1.54, 1.807) is 0 Å². The first-order chi connectivity index (χ1) is 6.56. The molecule has 0 bridgehead atoms. The van der Waals surface area contributed by atoms with Crippen molar-refractivity contribution >= 4 is 5.78 Å². The molecule has 0 rings (SSSR count). The topological polar surface area (TPSA) is 26.3 Å². The number of rotatable bonds is 7. The van der Waals surface area contributed by atoms with Crippen LogP contribution in [-0.2, 0) is 9.53 Å². The van der Waals surface area contributed by atoms with Crippen LogP contribution in [0, 0.1) is 5.92 Å². The molecular formula is C12H24O2. The number of ether oxygens (including phenoxy) is 1. The minimum absolute atomic E-state index is 0.0781. The fraction of sp³-hybridized carbons (Fsp3) is 0.917. The molecule has 0 saturated carbocycles. The van der Waals surface area contributed by atoms with Crippen molar-refractivity contribution in [1.82, 2.24) is 0 Å². The third-order valence-electron chi connectivity index (χ3n) is 2.52. The second-order valence-electron chi connectivity index (χ2n) is 4.03. The Morgan fingerprint density at radius 1 is 1.07 bits per heavy atom. The molecule has 84 valence electrons. The molecule has 0 N–H and O–H groups in total. The van der Waals surface area contributed by atoms with Crippen LogP contribution >= 0.6 is 0 Å². The Labute approximate surface area is 88.0 Å². The van der Waals surface area contributed by atoms with Gasteiger partial charge in [0.05, 0.1) is 6.10 Å². The molecule has 2 heteroatoms. The Morgan fingerprint density at radius 2 is 1.57 bits per heavy atom. The van der Waals surface area contributed by atoms with Gasteiger partial charge in [0, 0.05) is 5.92 Å². The lowest BCUT2D eigenvalue weighted by Crippen LogP contribution is -2.31. The average molecular weight is 200 g/mol. The van der Waals surface area contributed by atoms with Gasteiger partial charge in [0.1, 0.15) is 6.10 Å². The molecule has 2 nitrogen and oxygen atoms in total. The smallest absolute Gasteiger partial charge is 0.164 e. The Bertz CT molecular complexity index is 160. The molecular weight excluding hydrogens is 176 g/mol. The first kappa shape index (κ1) is 13.6.